The molecule has 1 atom stereocenters. The van der Waals surface area contributed by atoms with Crippen LogP contribution in [0.2, 0.25) is 0 Å². The molecule has 1 unspecified atom stereocenters. The lowest BCUT2D eigenvalue weighted by Gasteiger charge is -2.19. The Bertz CT molecular complexity index is 1220. The van der Waals surface area contributed by atoms with Crippen molar-refractivity contribution in [3.8, 4) is 11.1 Å². The summed E-state index contributed by atoms with van der Waals surface area (Å²) in [7, 11) is 0. The molecule has 0 fully saturated rings. The zero-order valence-corrected chi connectivity index (χ0v) is 18.8. The minimum absolute atomic E-state index is 0.0446. The van der Waals surface area contributed by atoms with Crippen LogP contribution in [-0.4, -0.2) is 35.0 Å². The summed E-state index contributed by atoms with van der Waals surface area (Å²) in [6, 6.07) is 15.4. The van der Waals surface area contributed by atoms with Gasteiger partial charge in [-0.2, -0.15) is 0 Å². The van der Waals surface area contributed by atoms with Crippen molar-refractivity contribution >= 4 is 18.0 Å². The summed E-state index contributed by atoms with van der Waals surface area (Å²) in [6.45, 7) is 1.72. The molecular formula is C25H24F2N4O4. The quantitative estimate of drug-likeness (QED) is 0.159. The Kier molecular flexibility index (Phi) is 8.47. The Hall–Kier alpha value is -4.31. The molecule has 0 aromatic heterocycles. The van der Waals surface area contributed by atoms with Crippen LogP contribution < -0.4 is 11.1 Å². The minimum atomic E-state index is -1.51. The Morgan fingerprint density at radius 1 is 1.11 bits per heavy atom. The molecular weight excluding hydrogens is 458 g/mol. The first-order valence-electron chi connectivity index (χ1n) is 10.6. The standard InChI is InChI=1S/C25H24F2N4O4/c1-2-35-23(25(32)29-13-15-7-9-16(10-8-15)24(28)31-34)22-20(26)11-18(12-21(22)27)19-6-4-3-5-17(19)14-30-33/h3-12,14,23,33-34H,2,13H2,1H3,(H2,28,31)(H,29,32). The van der Waals surface area contributed by atoms with Gasteiger partial charge in [0.15, 0.2) is 11.9 Å². The third-order valence-corrected chi connectivity index (χ3v) is 5.21. The highest BCUT2D eigenvalue weighted by Crippen LogP contribution is 2.31. The lowest BCUT2D eigenvalue weighted by Crippen LogP contribution is -2.31. The maximum Gasteiger partial charge on any atom is 0.254 e. The van der Waals surface area contributed by atoms with Crippen molar-refractivity contribution in [2.24, 2.45) is 16.0 Å². The number of oxime groups is 2. The van der Waals surface area contributed by atoms with Gasteiger partial charge in [-0.25, -0.2) is 8.78 Å². The number of carbonyl (C=O) groups is 1. The van der Waals surface area contributed by atoms with Crippen LogP contribution in [0.15, 0.2) is 71.0 Å². The van der Waals surface area contributed by atoms with Gasteiger partial charge in [-0.15, -0.1) is 0 Å². The van der Waals surface area contributed by atoms with Crippen molar-refractivity contribution in [3.05, 3.63) is 94.6 Å². The van der Waals surface area contributed by atoms with E-state index in [0.29, 0.717) is 22.3 Å². The van der Waals surface area contributed by atoms with Crippen molar-refractivity contribution < 1.29 is 28.7 Å². The molecule has 0 aliphatic heterocycles. The largest absolute Gasteiger partial charge is 0.411 e. The summed E-state index contributed by atoms with van der Waals surface area (Å²) in [4.78, 5) is 12.8. The van der Waals surface area contributed by atoms with E-state index in [1.807, 2.05) is 0 Å². The second kappa shape index (κ2) is 11.7. The van der Waals surface area contributed by atoms with Gasteiger partial charge in [0.2, 0.25) is 0 Å². The van der Waals surface area contributed by atoms with Gasteiger partial charge < -0.3 is 26.2 Å². The molecule has 0 bridgehead atoms. The normalized spacial score (nSPS) is 12.6. The molecule has 35 heavy (non-hydrogen) atoms. The number of nitrogens with one attached hydrogen (secondary N) is 1. The van der Waals surface area contributed by atoms with E-state index in [9.17, 15) is 4.79 Å². The van der Waals surface area contributed by atoms with Crippen LogP contribution in [0.25, 0.3) is 11.1 Å². The zero-order valence-electron chi connectivity index (χ0n) is 18.8. The average molecular weight is 482 g/mol. The SMILES string of the molecule is CCOC(C(=O)NCc1ccc(C(N)=NO)cc1)c1c(F)cc(-c2ccccc2C=NO)cc1F. The van der Waals surface area contributed by atoms with Gasteiger partial charge in [-0.1, -0.05) is 58.8 Å². The smallest absolute Gasteiger partial charge is 0.254 e. The van der Waals surface area contributed by atoms with Gasteiger partial charge in [0.25, 0.3) is 5.91 Å². The molecule has 3 rings (SSSR count). The number of rotatable bonds is 9. The second-order valence-electron chi connectivity index (χ2n) is 7.42. The van der Waals surface area contributed by atoms with E-state index in [2.05, 4.69) is 15.6 Å². The van der Waals surface area contributed by atoms with Crippen molar-refractivity contribution in [1.29, 1.82) is 0 Å². The molecule has 0 spiro atoms. The van der Waals surface area contributed by atoms with Gasteiger partial charge in [-0.3, -0.25) is 4.79 Å². The van der Waals surface area contributed by atoms with E-state index in [4.69, 9.17) is 20.9 Å². The minimum Gasteiger partial charge on any atom is -0.411 e. The summed E-state index contributed by atoms with van der Waals surface area (Å²) in [5.41, 5.74) is 7.30. The highest BCUT2D eigenvalue weighted by Gasteiger charge is 2.28. The van der Waals surface area contributed by atoms with E-state index in [-0.39, 0.29) is 24.6 Å². The molecule has 182 valence electrons. The third-order valence-electron chi connectivity index (χ3n) is 5.21. The van der Waals surface area contributed by atoms with E-state index in [0.717, 1.165) is 18.3 Å². The van der Waals surface area contributed by atoms with E-state index in [1.165, 1.54) is 0 Å². The Morgan fingerprint density at radius 3 is 2.37 bits per heavy atom. The summed E-state index contributed by atoms with van der Waals surface area (Å²) in [6.07, 6.45) is -0.354. The first-order valence-corrected chi connectivity index (χ1v) is 10.6. The predicted molar refractivity (Wildman–Crippen MR) is 126 cm³/mol. The van der Waals surface area contributed by atoms with Crippen LogP contribution in [0, 0.1) is 11.6 Å². The van der Waals surface area contributed by atoms with E-state index < -0.39 is 29.2 Å². The molecule has 0 radical (unpaired) electrons. The number of amides is 1. The molecule has 3 aromatic carbocycles. The number of hydrogen-bond donors (Lipinski definition) is 4. The molecule has 0 saturated carbocycles. The summed E-state index contributed by atoms with van der Waals surface area (Å²) >= 11 is 0. The number of nitrogens with two attached hydrogens (primary N) is 1. The van der Waals surface area contributed by atoms with E-state index >= 15 is 8.78 Å². The molecule has 0 aliphatic rings. The number of halogens is 2. The highest BCUT2D eigenvalue weighted by molar-refractivity contribution is 5.97. The van der Waals surface area contributed by atoms with Crippen molar-refractivity contribution in [3.63, 3.8) is 0 Å². The first-order chi connectivity index (χ1) is 16.9. The zero-order chi connectivity index (χ0) is 25.4. The fourth-order valence-electron chi connectivity index (χ4n) is 3.51. The van der Waals surface area contributed by atoms with Gasteiger partial charge in [-0.05, 0) is 35.7 Å². The number of hydrogen-bond acceptors (Lipinski definition) is 6. The first kappa shape index (κ1) is 25.3. The number of amidine groups is 1. The predicted octanol–water partition coefficient (Wildman–Crippen LogP) is 3.93. The van der Waals surface area contributed by atoms with Crippen molar-refractivity contribution in [2.75, 3.05) is 6.61 Å². The fraction of sp³-hybridized carbons (Fsp3) is 0.160. The summed E-state index contributed by atoms with van der Waals surface area (Å²) in [5.74, 6) is -2.68. The van der Waals surface area contributed by atoms with Crippen molar-refractivity contribution in [2.45, 2.75) is 19.6 Å². The average Bonchev–Trinajstić information content (AvgIpc) is 2.86. The number of ether oxygens (including phenoxy) is 1. The molecule has 10 heteroatoms. The van der Waals surface area contributed by atoms with Crippen LogP contribution in [0.4, 0.5) is 8.78 Å². The Morgan fingerprint density at radius 2 is 1.77 bits per heavy atom. The highest BCUT2D eigenvalue weighted by atomic mass is 19.1. The third kappa shape index (κ3) is 5.98. The van der Waals surface area contributed by atoms with Crippen molar-refractivity contribution in [1.82, 2.24) is 5.32 Å². The molecule has 1 amide bonds. The van der Waals surface area contributed by atoms with Gasteiger partial charge in [0, 0.05) is 24.3 Å². The second-order valence-corrected chi connectivity index (χ2v) is 7.42. The van der Waals surface area contributed by atoms with Gasteiger partial charge in [0.05, 0.1) is 11.8 Å². The van der Waals surface area contributed by atoms with E-state index in [1.54, 1.807) is 55.5 Å². The fourth-order valence-corrected chi connectivity index (χ4v) is 3.51. The van der Waals surface area contributed by atoms with Crippen LogP contribution >= 0.6 is 0 Å². The molecule has 5 N–H and O–H groups in total. The molecule has 3 aromatic rings. The maximum atomic E-state index is 15.1. The van der Waals surface area contributed by atoms with Crippen LogP contribution in [0.1, 0.15) is 35.3 Å². The molecule has 0 aliphatic carbocycles. The van der Waals surface area contributed by atoms with Crippen LogP contribution in [-0.2, 0) is 16.1 Å². The lowest BCUT2D eigenvalue weighted by molar-refractivity contribution is -0.133. The number of carbonyl (C=O) groups excluding carboxylic acids is 1. The topological polar surface area (TPSA) is 130 Å². The number of benzene rings is 3. The monoisotopic (exact) mass is 482 g/mol. The van der Waals surface area contributed by atoms with Crippen LogP contribution in [0.3, 0.4) is 0 Å². The lowest BCUT2D eigenvalue weighted by atomic mass is 9.96. The Labute approximate surface area is 200 Å². The maximum absolute atomic E-state index is 15.1. The molecule has 0 heterocycles. The Balaban J connectivity index is 1.85. The van der Waals surface area contributed by atoms with Crippen LogP contribution in [0.5, 0.6) is 0 Å². The molecule has 0 saturated heterocycles. The van der Waals surface area contributed by atoms with Gasteiger partial charge in [0.1, 0.15) is 11.6 Å². The number of nitrogens with zero attached hydrogens (tertiary/aromatic N) is 2. The summed E-state index contributed by atoms with van der Waals surface area (Å²) in [5, 5.41) is 26.1. The van der Waals surface area contributed by atoms with Gasteiger partial charge >= 0.3 is 0 Å². The molecule has 8 nitrogen and oxygen atoms in total. The summed E-state index contributed by atoms with van der Waals surface area (Å²) < 4.78 is 35.7.